The summed E-state index contributed by atoms with van der Waals surface area (Å²) in [5, 5.41) is 3.52. The van der Waals surface area contributed by atoms with Gasteiger partial charge in [-0.25, -0.2) is 14.4 Å². The molecular formula is C24H26FN5OS. The molecular weight excluding hydrogens is 425 g/mol. The lowest BCUT2D eigenvalue weighted by atomic mass is 10.1. The summed E-state index contributed by atoms with van der Waals surface area (Å²) < 4.78 is 13.0. The lowest BCUT2D eigenvalue weighted by Gasteiger charge is -2.37. The maximum absolute atomic E-state index is 13.0. The van der Waals surface area contributed by atoms with E-state index in [1.807, 2.05) is 0 Å². The lowest BCUT2D eigenvalue weighted by molar-refractivity contribution is -0.113. The van der Waals surface area contributed by atoms with Crippen molar-refractivity contribution in [2.75, 3.05) is 47.0 Å². The smallest absolute Gasteiger partial charge is 0.234 e. The Morgan fingerprint density at radius 2 is 1.69 bits per heavy atom. The third-order valence-electron chi connectivity index (χ3n) is 5.40. The van der Waals surface area contributed by atoms with E-state index in [2.05, 4.69) is 57.1 Å². The Balaban J connectivity index is 1.37. The van der Waals surface area contributed by atoms with Gasteiger partial charge in [-0.2, -0.15) is 0 Å². The van der Waals surface area contributed by atoms with Gasteiger partial charge in [-0.1, -0.05) is 23.9 Å². The van der Waals surface area contributed by atoms with Crippen LogP contribution in [0.25, 0.3) is 0 Å². The fourth-order valence-corrected chi connectivity index (χ4v) is 4.51. The Kier molecular flexibility index (Phi) is 6.90. The first-order valence-electron chi connectivity index (χ1n) is 10.6. The summed E-state index contributed by atoms with van der Waals surface area (Å²) in [5.41, 5.74) is 4.40. The van der Waals surface area contributed by atoms with E-state index >= 15 is 0 Å². The number of thioether (sulfide) groups is 1. The molecule has 1 saturated heterocycles. The van der Waals surface area contributed by atoms with Crippen LogP contribution in [0, 0.1) is 19.7 Å². The number of hydrogen-bond acceptors (Lipinski definition) is 6. The number of nitrogens with one attached hydrogen (secondary N) is 1. The van der Waals surface area contributed by atoms with Crippen molar-refractivity contribution < 1.29 is 9.18 Å². The van der Waals surface area contributed by atoms with Gasteiger partial charge in [0.15, 0.2) is 5.82 Å². The number of anilines is 3. The predicted molar refractivity (Wildman–Crippen MR) is 128 cm³/mol. The Hall–Kier alpha value is -3.13. The normalized spacial score (nSPS) is 13.8. The minimum atomic E-state index is -0.334. The van der Waals surface area contributed by atoms with Crippen molar-refractivity contribution in [2.45, 2.75) is 18.9 Å². The first-order valence-corrected chi connectivity index (χ1v) is 11.5. The summed E-state index contributed by atoms with van der Waals surface area (Å²) in [6.45, 7) is 7.74. The summed E-state index contributed by atoms with van der Waals surface area (Å²) in [4.78, 5) is 26.0. The number of piperazine rings is 1. The molecule has 0 bridgehead atoms. The zero-order chi connectivity index (χ0) is 22.5. The van der Waals surface area contributed by atoms with E-state index in [-0.39, 0.29) is 17.5 Å². The van der Waals surface area contributed by atoms with Crippen molar-refractivity contribution in [1.82, 2.24) is 9.97 Å². The first-order chi connectivity index (χ1) is 15.5. The second-order valence-corrected chi connectivity index (χ2v) is 8.76. The molecule has 2 aromatic carbocycles. The minimum absolute atomic E-state index is 0.169. The molecule has 0 aliphatic carbocycles. The van der Waals surface area contributed by atoms with Crippen LogP contribution in [0.15, 0.2) is 59.9 Å². The third kappa shape index (κ3) is 5.37. The zero-order valence-electron chi connectivity index (χ0n) is 18.2. The van der Waals surface area contributed by atoms with E-state index in [1.54, 1.807) is 24.5 Å². The molecule has 4 rings (SSSR count). The van der Waals surface area contributed by atoms with E-state index in [4.69, 9.17) is 0 Å². The molecule has 0 radical (unpaired) electrons. The molecule has 8 heteroatoms. The van der Waals surface area contributed by atoms with Crippen molar-refractivity contribution in [3.8, 4) is 0 Å². The fraction of sp³-hybridized carbons (Fsp3) is 0.292. The maximum atomic E-state index is 13.0. The van der Waals surface area contributed by atoms with Gasteiger partial charge < -0.3 is 15.1 Å². The molecule has 1 aliphatic rings. The Bertz CT molecular complexity index is 1080. The number of aryl methyl sites for hydroxylation is 2. The maximum Gasteiger partial charge on any atom is 0.234 e. The van der Waals surface area contributed by atoms with Gasteiger partial charge in [-0.05, 0) is 55.3 Å². The summed E-state index contributed by atoms with van der Waals surface area (Å²) in [6, 6.07) is 12.3. The van der Waals surface area contributed by atoms with Crippen LogP contribution in [0.5, 0.6) is 0 Å². The lowest BCUT2D eigenvalue weighted by Crippen LogP contribution is -2.47. The molecule has 0 spiro atoms. The summed E-state index contributed by atoms with van der Waals surface area (Å²) >= 11 is 1.36. The summed E-state index contributed by atoms with van der Waals surface area (Å²) in [7, 11) is 0. The van der Waals surface area contributed by atoms with Gasteiger partial charge in [-0.3, -0.25) is 4.79 Å². The Labute approximate surface area is 191 Å². The molecule has 1 N–H and O–H groups in total. The number of nitrogens with zero attached hydrogens (tertiary/aromatic N) is 4. The third-order valence-corrected chi connectivity index (χ3v) is 6.37. The van der Waals surface area contributed by atoms with Crippen LogP contribution in [-0.2, 0) is 4.79 Å². The van der Waals surface area contributed by atoms with Crippen molar-refractivity contribution in [3.63, 3.8) is 0 Å². The highest BCUT2D eigenvalue weighted by atomic mass is 32.2. The number of rotatable bonds is 6. The molecule has 2 heterocycles. The number of carbonyl (C=O) groups is 1. The average molecular weight is 452 g/mol. The molecule has 1 fully saturated rings. The van der Waals surface area contributed by atoms with Gasteiger partial charge in [-0.15, -0.1) is 0 Å². The highest BCUT2D eigenvalue weighted by molar-refractivity contribution is 8.00. The van der Waals surface area contributed by atoms with E-state index < -0.39 is 0 Å². The van der Waals surface area contributed by atoms with Crippen molar-refractivity contribution >= 4 is 34.9 Å². The number of halogens is 1. The second-order valence-electron chi connectivity index (χ2n) is 7.79. The molecule has 1 aliphatic heterocycles. The van der Waals surface area contributed by atoms with Gasteiger partial charge in [0.25, 0.3) is 0 Å². The first kappa shape index (κ1) is 22.1. The fourth-order valence-electron chi connectivity index (χ4n) is 3.72. The van der Waals surface area contributed by atoms with Gasteiger partial charge in [0.2, 0.25) is 5.91 Å². The van der Waals surface area contributed by atoms with Crippen LogP contribution < -0.4 is 15.1 Å². The van der Waals surface area contributed by atoms with Crippen LogP contribution in [0.2, 0.25) is 0 Å². The Morgan fingerprint density at radius 3 is 2.44 bits per heavy atom. The summed E-state index contributed by atoms with van der Waals surface area (Å²) in [5.74, 6) is 0.510. The Morgan fingerprint density at radius 1 is 1.00 bits per heavy atom. The second kappa shape index (κ2) is 9.99. The van der Waals surface area contributed by atoms with Crippen LogP contribution >= 0.6 is 11.8 Å². The highest BCUT2D eigenvalue weighted by Gasteiger charge is 2.22. The van der Waals surface area contributed by atoms with Gasteiger partial charge in [0.1, 0.15) is 10.8 Å². The molecule has 1 amide bonds. The summed E-state index contributed by atoms with van der Waals surface area (Å²) in [6.07, 6.45) is 3.34. The molecule has 0 saturated carbocycles. The van der Waals surface area contributed by atoms with E-state index in [1.165, 1.54) is 40.7 Å². The molecule has 6 nitrogen and oxygen atoms in total. The number of amides is 1. The number of hydrogen-bond donors (Lipinski definition) is 1. The standard InChI is InChI=1S/C24H26FN5OS/c1-17-3-4-18(2)21(15-17)29-11-13-30(14-12-29)23-24(27-10-9-26-23)32-16-22(31)28-20-7-5-19(25)6-8-20/h3-10,15H,11-14,16H2,1-2H3,(H,28,31). The molecule has 3 aromatic rings. The van der Waals surface area contributed by atoms with Crippen molar-refractivity contribution in [1.29, 1.82) is 0 Å². The topological polar surface area (TPSA) is 61.4 Å². The van der Waals surface area contributed by atoms with Crippen molar-refractivity contribution in [3.05, 3.63) is 71.8 Å². The molecule has 166 valence electrons. The quantitative estimate of drug-likeness (QED) is 0.564. The largest absolute Gasteiger partial charge is 0.368 e. The number of aromatic nitrogens is 2. The van der Waals surface area contributed by atoms with Gasteiger partial charge in [0, 0.05) is 49.9 Å². The SMILES string of the molecule is Cc1ccc(C)c(N2CCN(c3nccnc3SCC(=O)Nc3ccc(F)cc3)CC2)c1. The zero-order valence-corrected chi connectivity index (χ0v) is 19.0. The molecule has 32 heavy (non-hydrogen) atoms. The van der Waals surface area contributed by atoms with Gasteiger partial charge >= 0.3 is 0 Å². The number of carbonyl (C=O) groups excluding carboxylic acids is 1. The van der Waals surface area contributed by atoms with E-state index in [9.17, 15) is 9.18 Å². The van der Waals surface area contributed by atoms with E-state index in [0.29, 0.717) is 5.69 Å². The minimum Gasteiger partial charge on any atom is -0.368 e. The predicted octanol–water partition coefficient (Wildman–Crippen LogP) is 4.29. The molecule has 0 atom stereocenters. The van der Waals surface area contributed by atoms with Crippen LogP contribution in [-0.4, -0.2) is 47.8 Å². The van der Waals surface area contributed by atoms with Crippen molar-refractivity contribution in [2.24, 2.45) is 0 Å². The van der Waals surface area contributed by atoms with E-state index in [0.717, 1.165) is 37.0 Å². The van der Waals surface area contributed by atoms with Crippen LogP contribution in [0.4, 0.5) is 21.6 Å². The monoisotopic (exact) mass is 451 g/mol. The average Bonchev–Trinajstić information content (AvgIpc) is 2.81. The van der Waals surface area contributed by atoms with Crippen LogP contribution in [0.3, 0.4) is 0 Å². The number of benzene rings is 2. The van der Waals surface area contributed by atoms with Gasteiger partial charge in [0.05, 0.1) is 5.75 Å². The molecule has 0 unspecified atom stereocenters. The van der Waals surface area contributed by atoms with Crippen LogP contribution in [0.1, 0.15) is 11.1 Å². The highest BCUT2D eigenvalue weighted by Crippen LogP contribution is 2.28. The molecule has 1 aromatic heterocycles.